The third-order valence-corrected chi connectivity index (χ3v) is 1.80. The summed E-state index contributed by atoms with van der Waals surface area (Å²) in [5.74, 6) is 0.156. The van der Waals surface area contributed by atoms with Gasteiger partial charge in [0.2, 0.25) is 0 Å². The van der Waals surface area contributed by atoms with Crippen molar-refractivity contribution in [2.45, 2.75) is 13.8 Å². The van der Waals surface area contributed by atoms with Crippen molar-refractivity contribution in [2.24, 2.45) is 12.8 Å². The molecule has 1 aromatic heterocycles. The van der Waals surface area contributed by atoms with Gasteiger partial charge in [0.1, 0.15) is 5.69 Å². The number of primary amides is 1. The summed E-state index contributed by atoms with van der Waals surface area (Å²) in [7, 11) is 1.82. The molecule has 2 N–H and O–H groups in total. The zero-order valence-corrected chi connectivity index (χ0v) is 8.00. The number of carbonyl (C=O) groups excluding carboxylic acids is 1. The number of hydrogen-bond donors (Lipinski definition) is 1. The molecule has 0 radical (unpaired) electrons. The maximum atomic E-state index is 10.5. The van der Waals surface area contributed by atoms with Gasteiger partial charge in [-0.3, -0.25) is 9.48 Å². The second-order valence-corrected chi connectivity index (χ2v) is 2.88. The van der Waals surface area contributed by atoms with Crippen LogP contribution in [0.5, 0.6) is 5.75 Å². The van der Waals surface area contributed by atoms with Gasteiger partial charge >= 0.3 is 0 Å². The highest BCUT2D eigenvalue weighted by Crippen LogP contribution is 2.20. The van der Waals surface area contributed by atoms with Crippen molar-refractivity contribution in [1.29, 1.82) is 0 Å². The summed E-state index contributed by atoms with van der Waals surface area (Å²) in [6, 6.07) is 0. The lowest BCUT2D eigenvalue weighted by Gasteiger charge is -2.02. The summed E-state index contributed by atoms with van der Waals surface area (Å²) in [5, 5.41) is 4.13. The smallest absolute Gasteiger partial charge is 0.255 e. The molecule has 0 fully saturated rings. The lowest BCUT2D eigenvalue weighted by Crippen LogP contribution is -2.20. The third-order valence-electron chi connectivity index (χ3n) is 1.80. The molecule has 0 aliphatic carbocycles. The van der Waals surface area contributed by atoms with Gasteiger partial charge in [0.15, 0.2) is 12.4 Å². The maximum Gasteiger partial charge on any atom is 0.255 e. The Kier molecular flexibility index (Phi) is 2.55. The topological polar surface area (TPSA) is 70.1 Å². The van der Waals surface area contributed by atoms with E-state index in [-0.39, 0.29) is 6.61 Å². The van der Waals surface area contributed by atoms with Crippen LogP contribution in [-0.4, -0.2) is 22.3 Å². The van der Waals surface area contributed by atoms with Gasteiger partial charge in [-0.25, -0.2) is 0 Å². The van der Waals surface area contributed by atoms with Crippen LogP contribution >= 0.6 is 0 Å². The normalized spacial score (nSPS) is 10.1. The predicted octanol–water partition coefficient (Wildman–Crippen LogP) is -0.0990. The van der Waals surface area contributed by atoms with Crippen LogP contribution in [0.1, 0.15) is 11.4 Å². The van der Waals surface area contributed by atoms with Crippen LogP contribution < -0.4 is 10.5 Å². The first-order chi connectivity index (χ1) is 6.02. The van der Waals surface area contributed by atoms with E-state index in [2.05, 4.69) is 5.10 Å². The Bertz CT molecular complexity index is 330. The second-order valence-electron chi connectivity index (χ2n) is 2.88. The van der Waals surface area contributed by atoms with E-state index in [0.29, 0.717) is 5.75 Å². The summed E-state index contributed by atoms with van der Waals surface area (Å²) in [4.78, 5) is 10.5. The number of hydrogen-bond acceptors (Lipinski definition) is 3. The van der Waals surface area contributed by atoms with E-state index < -0.39 is 5.91 Å². The first-order valence-electron chi connectivity index (χ1n) is 3.93. The average Bonchev–Trinajstić information content (AvgIpc) is 2.24. The first-order valence-corrected chi connectivity index (χ1v) is 3.93. The number of aromatic nitrogens is 2. The molecule has 5 heteroatoms. The fourth-order valence-electron chi connectivity index (χ4n) is 1.11. The number of nitrogens with zero attached hydrogens (tertiary/aromatic N) is 2. The van der Waals surface area contributed by atoms with Crippen molar-refractivity contribution in [2.75, 3.05) is 6.61 Å². The Morgan fingerprint density at radius 3 is 2.62 bits per heavy atom. The third kappa shape index (κ3) is 1.99. The van der Waals surface area contributed by atoms with Gasteiger partial charge in [0.05, 0.1) is 5.69 Å². The van der Waals surface area contributed by atoms with Crippen molar-refractivity contribution >= 4 is 5.91 Å². The summed E-state index contributed by atoms with van der Waals surface area (Å²) < 4.78 is 6.89. The quantitative estimate of drug-likeness (QED) is 0.711. The van der Waals surface area contributed by atoms with Crippen LogP contribution in [0.15, 0.2) is 0 Å². The van der Waals surface area contributed by atoms with Gasteiger partial charge in [0.25, 0.3) is 5.91 Å². The summed E-state index contributed by atoms with van der Waals surface area (Å²) in [6.07, 6.45) is 0. The summed E-state index contributed by atoms with van der Waals surface area (Å²) in [6.45, 7) is 3.59. The first kappa shape index (κ1) is 9.57. The number of amides is 1. The largest absolute Gasteiger partial charge is 0.480 e. The van der Waals surface area contributed by atoms with Gasteiger partial charge < -0.3 is 10.5 Å². The van der Waals surface area contributed by atoms with Crippen molar-refractivity contribution in [3.8, 4) is 5.75 Å². The van der Waals surface area contributed by atoms with E-state index >= 15 is 0 Å². The van der Waals surface area contributed by atoms with E-state index in [1.165, 1.54) is 0 Å². The molecule has 1 amide bonds. The molecule has 1 rings (SSSR count). The molecule has 1 aromatic rings. The van der Waals surface area contributed by atoms with Crippen LogP contribution in [-0.2, 0) is 11.8 Å². The SMILES string of the molecule is Cc1nn(C)c(C)c1OCC(N)=O. The molecule has 0 aromatic carbocycles. The van der Waals surface area contributed by atoms with Gasteiger partial charge in [0, 0.05) is 7.05 Å². The monoisotopic (exact) mass is 183 g/mol. The van der Waals surface area contributed by atoms with E-state index in [0.717, 1.165) is 11.4 Å². The fourth-order valence-corrected chi connectivity index (χ4v) is 1.11. The highest BCUT2D eigenvalue weighted by molar-refractivity contribution is 5.75. The molecule has 0 spiro atoms. The lowest BCUT2D eigenvalue weighted by atomic mass is 10.3. The van der Waals surface area contributed by atoms with E-state index in [9.17, 15) is 4.79 Å². The van der Waals surface area contributed by atoms with Crippen molar-refractivity contribution in [3.63, 3.8) is 0 Å². The fraction of sp³-hybridized carbons (Fsp3) is 0.500. The van der Waals surface area contributed by atoms with Crippen LogP contribution in [0.2, 0.25) is 0 Å². The van der Waals surface area contributed by atoms with Gasteiger partial charge in [-0.1, -0.05) is 0 Å². The Hall–Kier alpha value is -1.52. The molecule has 72 valence electrons. The Labute approximate surface area is 76.5 Å². The highest BCUT2D eigenvalue weighted by Gasteiger charge is 2.10. The lowest BCUT2D eigenvalue weighted by molar-refractivity contribution is -0.119. The molecule has 0 saturated carbocycles. The molecule has 0 unspecified atom stereocenters. The standard InChI is InChI=1S/C8H13N3O2/c1-5-8(13-4-7(9)12)6(2)11(3)10-5/h4H2,1-3H3,(H2,9,12). The highest BCUT2D eigenvalue weighted by atomic mass is 16.5. The van der Waals surface area contributed by atoms with E-state index in [1.54, 1.807) is 4.68 Å². The summed E-state index contributed by atoms with van der Waals surface area (Å²) >= 11 is 0. The number of ether oxygens (including phenoxy) is 1. The molecule has 0 aliphatic heterocycles. The molecular weight excluding hydrogens is 170 g/mol. The molecule has 0 atom stereocenters. The maximum absolute atomic E-state index is 10.5. The molecule has 13 heavy (non-hydrogen) atoms. The zero-order valence-electron chi connectivity index (χ0n) is 8.00. The van der Waals surface area contributed by atoms with Gasteiger partial charge in [-0.05, 0) is 13.8 Å². The zero-order chi connectivity index (χ0) is 10.0. The van der Waals surface area contributed by atoms with E-state index in [4.69, 9.17) is 10.5 Å². The second kappa shape index (κ2) is 3.47. The van der Waals surface area contributed by atoms with Crippen molar-refractivity contribution in [1.82, 2.24) is 9.78 Å². The molecular formula is C8H13N3O2. The minimum Gasteiger partial charge on any atom is -0.480 e. The number of rotatable bonds is 3. The molecule has 1 heterocycles. The minimum atomic E-state index is -0.484. The Balaban J connectivity index is 2.81. The van der Waals surface area contributed by atoms with Gasteiger partial charge in [-0.2, -0.15) is 5.10 Å². The Morgan fingerprint density at radius 1 is 1.62 bits per heavy atom. The van der Waals surface area contributed by atoms with Crippen LogP contribution in [0.3, 0.4) is 0 Å². The van der Waals surface area contributed by atoms with E-state index in [1.807, 2.05) is 20.9 Å². The summed E-state index contributed by atoms with van der Waals surface area (Å²) in [5.41, 5.74) is 6.61. The molecule has 0 bridgehead atoms. The number of aryl methyl sites for hydroxylation is 2. The molecule has 0 aliphatic rings. The Morgan fingerprint density at radius 2 is 2.23 bits per heavy atom. The van der Waals surface area contributed by atoms with Crippen molar-refractivity contribution < 1.29 is 9.53 Å². The molecule has 0 saturated heterocycles. The van der Waals surface area contributed by atoms with Gasteiger partial charge in [-0.15, -0.1) is 0 Å². The predicted molar refractivity (Wildman–Crippen MR) is 47.4 cm³/mol. The average molecular weight is 183 g/mol. The van der Waals surface area contributed by atoms with Crippen LogP contribution in [0.25, 0.3) is 0 Å². The molecule has 5 nitrogen and oxygen atoms in total. The number of carbonyl (C=O) groups is 1. The van der Waals surface area contributed by atoms with Crippen molar-refractivity contribution in [3.05, 3.63) is 11.4 Å². The van der Waals surface area contributed by atoms with Crippen LogP contribution in [0, 0.1) is 13.8 Å². The minimum absolute atomic E-state index is 0.104. The number of nitrogens with two attached hydrogens (primary N) is 1. The van der Waals surface area contributed by atoms with Crippen LogP contribution in [0.4, 0.5) is 0 Å².